The van der Waals surface area contributed by atoms with E-state index in [0.29, 0.717) is 22.2 Å². The molecule has 20 heavy (non-hydrogen) atoms. The van der Waals surface area contributed by atoms with Gasteiger partial charge in [-0.25, -0.2) is 0 Å². The highest BCUT2D eigenvalue weighted by Crippen LogP contribution is 2.31. The molecule has 0 aliphatic carbocycles. The Balaban J connectivity index is 2.27. The molecule has 0 aliphatic heterocycles. The first-order valence-electron chi connectivity index (χ1n) is 5.93. The molecule has 100 valence electrons. The van der Waals surface area contributed by atoms with E-state index in [0.717, 1.165) is 10.3 Å². The molecule has 6 heteroatoms. The van der Waals surface area contributed by atoms with Crippen molar-refractivity contribution in [3.8, 4) is 11.3 Å². The molecule has 0 aliphatic rings. The average Bonchev–Trinajstić information content (AvgIpc) is 2.88. The molecule has 0 saturated carbocycles. The Labute approximate surface area is 113 Å². The van der Waals surface area contributed by atoms with Crippen LogP contribution in [0.2, 0.25) is 0 Å². The van der Waals surface area contributed by atoms with Gasteiger partial charge in [0.05, 0.1) is 11.5 Å². The molecule has 3 aromatic rings. The molecule has 0 radical (unpaired) electrons. The molecule has 0 unspecified atom stereocenters. The predicted molar refractivity (Wildman–Crippen MR) is 72.0 cm³/mol. The maximum Gasteiger partial charge on any atom is 0.433 e. The highest BCUT2D eigenvalue weighted by Gasteiger charge is 2.17. The summed E-state index contributed by atoms with van der Waals surface area (Å²) < 4.78 is 5.97. The Kier molecular flexibility index (Phi) is 2.64. The van der Waals surface area contributed by atoms with Crippen molar-refractivity contribution in [1.82, 2.24) is 0 Å². The van der Waals surface area contributed by atoms with Gasteiger partial charge in [0.1, 0.15) is 10.7 Å². The monoisotopic (exact) mass is 270 g/mol. The van der Waals surface area contributed by atoms with Gasteiger partial charge in [0, 0.05) is 17.7 Å². The van der Waals surface area contributed by atoms with E-state index in [4.69, 9.17) is 4.42 Å². The lowest BCUT2D eigenvalue weighted by molar-refractivity contribution is -0.576. The second kappa shape index (κ2) is 4.34. The van der Waals surface area contributed by atoms with E-state index >= 15 is 0 Å². The number of pyridine rings is 1. The summed E-state index contributed by atoms with van der Waals surface area (Å²) >= 11 is 0. The van der Waals surface area contributed by atoms with Gasteiger partial charge in [0.15, 0.2) is 6.20 Å². The Bertz CT molecular complexity index is 823. The first-order chi connectivity index (χ1) is 9.56. The highest BCUT2D eigenvalue weighted by molar-refractivity contribution is 5.91. The molecule has 0 N–H and O–H groups in total. The number of hydrogen-bond acceptors (Lipinski definition) is 4. The van der Waals surface area contributed by atoms with Gasteiger partial charge in [-0.1, -0.05) is 11.6 Å². The number of aryl methyl sites for hydroxylation is 1. The fourth-order valence-corrected chi connectivity index (χ4v) is 2.16. The van der Waals surface area contributed by atoms with E-state index in [1.165, 1.54) is 18.3 Å². The molecular formula is C14H10N2O4. The summed E-state index contributed by atoms with van der Waals surface area (Å²) in [5.41, 5.74) is 2.14. The second-order valence-electron chi connectivity index (χ2n) is 4.47. The van der Waals surface area contributed by atoms with E-state index in [1.54, 1.807) is 12.1 Å². The van der Waals surface area contributed by atoms with Crippen LogP contribution < -0.4 is 4.73 Å². The van der Waals surface area contributed by atoms with Gasteiger partial charge in [-0.15, -0.1) is 0 Å². The van der Waals surface area contributed by atoms with E-state index in [9.17, 15) is 15.3 Å². The van der Waals surface area contributed by atoms with Gasteiger partial charge in [-0.3, -0.25) is 10.1 Å². The molecule has 1 aromatic carbocycles. The number of fused-ring (bicyclic) bond motifs is 1. The van der Waals surface area contributed by atoms with E-state index in [1.807, 2.05) is 19.1 Å². The summed E-state index contributed by atoms with van der Waals surface area (Å²) in [5.74, 6) is 0.0487. The maximum absolute atomic E-state index is 11.8. The van der Waals surface area contributed by atoms with Crippen LogP contribution in [0.25, 0.3) is 22.2 Å². The zero-order chi connectivity index (χ0) is 14.3. The Morgan fingerprint density at radius 2 is 2.00 bits per heavy atom. The second-order valence-corrected chi connectivity index (χ2v) is 4.47. The van der Waals surface area contributed by atoms with Crippen LogP contribution >= 0.6 is 0 Å². The van der Waals surface area contributed by atoms with Crippen molar-refractivity contribution in [2.75, 3.05) is 0 Å². The van der Waals surface area contributed by atoms with Crippen molar-refractivity contribution in [2.45, 2.75) is 6.92 Å². The normalized spacial score (nSPS) is 10.8. The molecule has 0 atom stereocenters. The van der Waals surface area contributed by atoms with Gasteiger partial charge in [0.2, 0.25) is 5.52 Å². The Morgan fingerprint density at radius 3 is 2.70 bits per heavy atom. The lowest BCUT2D eigenvalue weighted by Gasteiger charge is -2.05. The van der Waals surface area contributed by atoms with Crippen LogP contribution in [0.4, 0.5) is 5.88 Å². The summed E-state index contributed by atoms with van der Waals surface area (Å²) in [6.07, 6.45) is 1.36. The Morgan fingerprint density at radius 1 is 1.20 bits per heavy atom. The molecule has 0 fully saturated rings. The molecule has 2 heterocycles. The standard InChI is InChI=1S/C14H10N2O4/c1-9-2-3-12-11(8-9)10(6-7-15(12)17)13-4-5-14(20-13)16(18)19/h2-8H,1H3. The van der Waals surface area contributed by atoms with Crippen molar-refractivity contribution in [3.63, 3.8) is 0 Å². The van der Waals surface area contributed by atoms with Crippen molar-refractivity contribution in [1.29, 1.82) is 0 Å². The van der Waals surface area contributed by atoms with Gasteiger partial charge in [-0.05, 0) is 19.1 Å². The molecule has 2 aromatic heterocycles. The molecule has 0 saturated heterocycles. The smallest absolute Gasteiger partial charge is 0.433 e. The molecule has 0 bridgehead atoms. The van der Waals surface area contributed by atoms with Crippen LogP contribution in [-0.4, -0.2) is 4.92 Å². The minimum Gasteiger partial charge on any atom is -0.618 e. The molecule has 3 rings (SSSR count). The van der Waals surface area contributed by atoms with Crippen LogP contribution in [0, 0.1) is 22.2 Å². The third-order valence-electron chi connectivity index (χ3n) is 3.09. The van der Waals surface area contributed by atoms with Gasteiger partial charge in [-0.2, -0.15) is 4.73 Å². The van der Waals surface area contributed by atoms with Gasteiger partial charge >= 0.3 is 5.88 Å². The van der Waals surface area contributed by atoms with Gasteiger partial charge < -0.3 is 9.62 Å². The number of benzene rings is 1. The van der Waals surface area contributed by atoms with Crippen molar-refractivity contribution < 1.29 is 14.1 Å². The molecule has 0 amide bonds. The highest BCUT2D eigenvalue weighted by atomic mass is 16.6. The van der Waals surface area contributed by atoms with Crippen molar-refractivity contribution in [2.24, 2.45) is 0 Å². The first-order valence-corrected chi connectivity index (χ1v) is 5.93. The van der Waals surface area contributed by atoms with Crippen molar-refractivity contribution >= 4 is 16.8 Å². The summed E-state index contributed by atoms with van der Waals surface area (Å²) in [5, 5.41) is 23.1. The van der Waals surface area contributed by atoms with Crippen LogP contribution in [0.5, 0.6) is 0 Å². The number of aromatic nitrogens is 1. The number of rotatable bonds is 2. The fourth-order valence-electron chi connectivity index (χ4n) is 2.16. The maximum atomic E-state index is 11.8. The molecule has 6 nitrogen and oxygen atoms in total. The first kappa shape index (κ1) is 12.2. The van der Waals surface area contributed by atoms with E-state index < -0.39 is 4.92 Å². The minimum absolute atomic E-state index is 0.320. The van der Waals surface area contributed by atoms with Crippen molar-refractivity contribution in [3.05, 3.63) is 63.5 Å². The Hall–Kier alpha value is -2.89. The molecule has 0 spiro atoms. The third-order valence-corrected chi connectivity index (χ3v) is 3.09. The minimum atomic E-state index is -0.590. The summed E-state index contributed by atoms with van der Waals surface area (Å²) in [4.78, 5) is 10.1. The molecular weight excluding hydrogens is 260 g/mol. The van der Waals surface area contributed by atoms with E-state index in [-0.39, 0.29) is 5.88 Å². The quantitative estimate of drug-likeness (QED) is 0.310. The summed E-state index contributed by atoms with van der Waals surface area (Å²) in [6, 6.07) is 9.84. The SMILES string of the molecule is Cc1ccc2c(c1)c(-c1ccc([N+](=O)[O-])o1)cc[n+]2[O-]. The zero-order valence-electron chi connectivity index (χ0n) is 10.6. The lowest BCUT2D eigenvalue weighted by Crippen LogP contribution is -2.26. The van der Waals surface area contributed by atoms with Crippen LogP contribution in [-0.2, 0) is 0 Å². The summed E-state index contributed by atoms with van der Waals surface area (Å²) in [7, 11) is 0. The lowest BCUT2D eigenvalue weighted by atomic mass is 10.0. The summed E-state index contributed by atoms with van der Waals surface area (Å²) in [6.45, 7) is 1.91. The van der Waals surface area contributed by atoms with Gasteiger partial charge in [0.25, 0.3) is 0 Å². The number of hydrogen-bond donors (Lipinski definition) is 0. The number of nitro groups is 1. The van der Waals surface area contributed by atoms with Crippen LogP contribution in [0.3, 0.4) is 0 Å². The topological polar surface area (TPSA) is 83.2 Å². The van der Waals surface area contributed by atoms with E-state index in [2.05, 4.69) is 0 Å². The number of nitrogens with zero attached hydrogens (tertiary/aromatic N) is 2. The third kappa shape index (κ3) is 1.87. The zero-order valence-corrected chi connectivity index (χ0v) is 10.6. The predicted octanol–water partition coefficient (Wildman–Crippen LogP) is 2.95. The average molecular weight is 270 g/mol. The largest absolute Gasteiger partial charge is 0.618 e. The fraction of sp³-hybridized carbons (Fsp3) is 0.0714. The van der Waals surface area contributed by atoms with Crippen LogP contribution in [0.1, 0.15) is 5.56 Å². The van der Waals surface area contributed by atoms with Crippen LogP contribution in [0.15, 0.2) is 47.0 Å². The number of furan rings is 1.